The highest BCUT2D eigenvalue weighted by atomic mass is 32.2. The van der Waals surface area contributed by atoms with Crippen LogP contribution in [0, 0.1) is 5.82 Å². The molecule has 0 amide bonds. The molecule has 1 saturated carbocycles. The first-order chi connectivity index (χ1) is 8.50. The summed E-state index contributed by atoms with van der Waals surface area (Å²) in [6.45, 7) is 0.409. The molecule has 0 aliphatic heterocycles. The summed E-state index contributed by atoms with van der Waals surface area (Å²) in [6.07, 6.45) is 2.23. The van der Waals surface area contributed by atoms with Gasteiger partial charge >= 0.3 is 0 Å². The topological polar surface area (TPSA) is 49.4 Å². The average Bonchev–Trinajstić information content (AvgIpc) is 3.12. The lowest BCUT2D eigenvalue weighted by Gasteiger charge is -2.20. The zero-order valence-corrected chi connectivity index (χ0v) is 11.1. The number of halogens is 1. The van der Waals surface area contributed by atoms with E-state index in [0.717, 1.165) is 17.1 Å². The highest BCUT2D eigenvalue weighted by Gasteiger charge is 2.24. The number of sulfonamides is 1. The molecule has 1 aromatic rings. The van der Waals surface area contributed by atoms with E-state index in [9.17, 15) is 12.8 Å². The van der Waals surface area contributed by atoms with E-state index in [2.05, 4.69) is 5.32 Å². The molecule has 0 atom stereocenters. The third-order valence-corrected chi connectivity index (χ3v) is 4.73. The first-order valence-corrected chi connectivity index (χ1v) is 7.56. The molecule has 6 heteroatoms. The van der Waals surface area contributed by atoms with Crippen molar-refractivity contribution in [3.8, 4) is 0 Å². The van der Waals surface area contributed by atoms with Crippen molar-refractivity contribution in [3.05, 3.63) is 30.1 Å². The van der Waals surface area contributed by atoms with Gasteiger partial charge in [-0.2, -0.15) is 0 Å². The van der Waals surface area contributed by atoms with Gasteiger partial charge in [0.1, 0.15) is 5.82 Å². The van der Waals surface area contributed by atoms with Gasteiger partial charge in [0.2, 0.25) is 10.0 Å². The SMILES string of the molecule is CN(c1ccccc1F)S(=O)(=O)CCNC1CC1. The fourth-order valence-electron chi connectivity index (χ4n) is 1.67. The second-order valence-corrected chi connectivity index (χ2v) is 6.58. The second-order valence-electron chi connectivity index (χ2n) is 4.46. The van der Waals surface area contributed by atoms with Crippen LogP contribution in [0.4, 0.5) is 10.1 Å². The number of para-hydroxylation sites is 1. The molecule has 2 rings (SSSR count). The monoisotopic (exact) mass is 272 g/mol. The Kier molecular flexibility index (Phi) is 3.87. The van der Waals surface area contributed by atoms with E-state index in [0.29, 0.717) is 12.6 Å². The zero-order valence-electron chi connectivity index (χ0n) is 10.3. The van der Waals surface area contributed by atoms with Crippen molar-refractivity contribution >= 4 is 15.7 Å². The van der Waals surface area contributed by atoms with E-state index in [4.69, 9.17) is 0 Å². The highest BCUT2D eigenvalue weighted by molar-refractivity contribution is 7.92. The van der Waals surface area contributed by atoms with E-state index in [-0.39, 0.29) is 11.4 Å². The summed E-state index contributed by atoms with van der Waals surface area (Å²) in [7, 11) is -2.09. The molecule has 0 radical (unpaired) electrons. The Morgan fingerprint density at radius 3 is 2.67 bits per heavy atom. The van der Waals surface area contributed by atoms with Crippen LogP contribution in [-0.2, 0) is 10.0 Å². The van der Waals surface area contributed by atoms with Crippen molar-refractivity contribution in [1.29, 1.82) is 0 Å². The Hall–Kier alpha value is -1.14. The van der Waals surface area contributed by atoms with Crippen LogP contribution in [0.5, 0.6) is 0 Å². The van der Waals surface area contributed by atoms with Crippen molar-refractivity contribution in [3.63, 3.8) is 0 Å². The minimum absolute atomic E-state index is 0.0195. The maximum Gasteiger partial charge on any atom is 0.236 e. The predicted molar refractivity (Wildman–Crippen MR) is 69.6 cm³/mol. The molecule has 18 heavy (non-hydrogen) atoms. The van der Waals surface area contributed by atoms with Crippen LogP contribution in [0.1, 0.15) is 12.8 Å². The summed E-state index contributed by atoms with van der Waals surface area (Å²) in [5.74, 6) is -0.548. The Bertz CT molecular complexity index is 515. The molecule has 0 aromatic heterocycles. The minimum Gasteiger partial charge on any atom is -0.313 e. The molecule has 0 spiro atoms. The van der Waals surface area contributed by atoms with Gasteiger partial charge in [0, 0.05) is 19.6 Å². The van der Waals surface area contributed by atoms with Gasteiger partial charge in [-0.15, -0.1) is 0 Å². The predicted octanol–water partition coefficient (Wildman–Crippen LogP) is 1.34. The van der Waals surface area contributed by atoms with Gasteiger partial charge in [0.05, 0.1) is 11.4 Å². The van der Waals surface area contributed by atoms with Crippen LogP contribution in [-0.4, -0.2) is 33.8 Å². The smallest absolute Gasteiger partial charge is 0.236 e. The Labute approximate surface area is 107 Å². The molecule has 1 N–H and O–H groups in total. The third kappa shape index (κ3) is 3.20. The zero-order chi connectivity index (χ0) is 13.2. The van der Waals surface area contributed by atoms with E-state index in [1.54, 1.807) is 6.07 Å². The standard InChI is InChI=1S/C12H17FN2O2S/c1-15(12-5-3-2-4-11(12)13)18(16,17)9-8-14-10-6-7-10/h2-5,10,14H,6-9H2,1H3. The third-order valence-electron chi connectivity index (χ3n) is 2.98. The van der Waals surface area contributed by atoms with Gasteiger partial charge in [-0.05, 0) is 25.0 Å². The molecule has 1 aliphatic rings. The number of nitrogens with one attached hydrogen (secondary N) is 1. The first-order valence-electron chi connectivity index (χ1n) is 5.95. The fraction of sp³-hybridized carbons (Fsp3) is 0.500. The Balaban J connectivity index is 2.01. The lowest BCUT2D eigenvalue weighted by atomic mass is 10.3. The summed E-state index contributed by atoms with van der Waals surface area (Å²) in [6, 6.07) is 6.34. The number of rotatable bonds is 6. The summed E-state index contributed by atoms with van der Waals surface area (Å²) < 4.78 is 38.5. The molecule has 4 nitrogen and oxygen atoms in total. The average molecular weight is 272 g/mol. The quantitative estimate of drug-likeness (QED) is 0.850. The summed E-state index contributed by atoms with van der Waals surface area (Å²) in [4.78, 5) is 0. The largest absolute Gasteiger partial charge is 0.313 e. The lowest BCUT2D eigenvalue weighted by Crippen LogP contribution is -2.34. The van der Waals surface area contributed by atoms with E-state index in [1.807, 2.05) is 0 Å². The Morgan fingerprint density at radius 2 is 2.06 bits per heavy atom. The molecule has 0 heterocycles. The van der Waals surface area contributed by atoms with Crippen molar-refractivity contribution in [2.75, 3.05) is 23.7 Å². The van der Waals surface area contributed by atoms with Gasteiger partial charge in [-0.25, -0.2) is 12.8 Å². The maximum atomic E-state index is 13.5. The van der Waals surface area contributed by atoms with Crippen molar-refractivity contribution < 1.29 is 12.8 Å². The maximum absolute atomic E-state index is 13.5. The minimum atomic E-state index is -3.47. The van der Waals surface area contributed by atoms with Crippen LogP contribution in [0.2, 0.25) is 0 Å². The van der Waals surface area contributed by atoms with Gasteiger partial charge in [-0.1, -0.05) is 12.1 Å². The first kappa shape index (κ1) is 13.3. The number of hydrogen-bond acceptors (Lipinski definition) is 3. The van der Waals surface area contributed by atoms with E-state index in [1.165, 1.54) is 25.2 Å². The van der Waals surface area contributed by atoms with Gasteiger partial charge in [0.15, 0.2) is 0 Å². The van der Waals surface area contributed by atoms with Crippen molar-refractivity contribution in [1.82, 2.24) is 5.32 Å². The van der Waals surface area contributed by atoms with Gasteiger partial charge in [0.25, 0.3) is 0 Å². The molecule has 0 unspecified atom stereocenters. The van der Waals surface area contributed by atoms with Crippen LogP contribution < -0.4 is 9.62 Å². The number of nitrogens with zero attached hydrogens (tertiary/aromatic N) is 1. The van der Waals surface area contributed by atoms with Gasteiger partial charge < -0.3 is 5.32 Å². The van der Waals surface area contributed by atoms with Crippen molar-refractivity contribution in [2.24, 2.45) is 0 Å². The van der Waals surface area contributed by atoms with E-state index >= 15 is 0 Å². The molecule has 1 aliphatic carbocycles. The number of benzene rings is 1. The van der Waals surface area contributed by atoms with Crippen molar-refractivity contribution in [2.45, 2.75) is 18.9 Å². The van der Waals surface area contributed by atoms with Crippen LogP contribution >= 0.6 is 0 Å². The molecular weight excluding hydrogens is 255 g/mol. The summed E-state index contributed by atoms with van der Waals surface area (Å²) >= 11 is 0. The number of hydrogen-bond donors (Lipinski definition) is 1. The lowest BCUT2D eigenvalue weighted by molar-refractivity contribution is 0.585. The molecule has 1 fully saturated rings. The molecule has 100 valence electrons. The number of anilines is 1. The second kappa shape index (κ2) is 5.24. The molecular formula is C12H17FN2O2S. The normalized spacial score (nSPS) is 15.7. The molecule has 0 saturated heterocycles. The fourth-order valence-corrected chi connectivity index (χ4v) is 2.77. The van der Waals surface area contributed by atoms with Gasteiger partial charge in [-0.3, -0.25) is 4.31 Å². The Morgan fingerprint density at radius 1 is 1.39 bits per heavy atom. The van der Waals surface area contributed by atoms with Crippen LogP contribution in [0.25, 0.3) is 0 Å². The van der Waals surface area contributed by atoms with Crippen LogP contribution in [0.3, 0.4) is 0 Å². The molecule has 0 bridgehead atoms. The summed E-state index contributed by atoms with van der Waals surface area (Å²) in [5.41, 5.74) is 0.0870. The highest BCUT2D eigenvalue weighted by Crippen LogP contribution is 2.21. The summed E-state index contributed by atoms with van der Waals surface area (Å²) in [5, 5.41) is 3.13. The molecule has 1 aromatic carbocycles. The van der Waals surface area contributed by atoms with E-state index < -0.39 is 15.8 Å². The van der Waals surface area contributed by atoms with Crippen LogP contribution in [0.15, 0.2) is 24.3 Å².